The molecule has 3 aromatic rings. The molecule has 36 heavy (non-hydrogen) atoms. The number of hydrogen-bond acceptors (Lipinski definition) is 4. The molecule has 1 amide bonds. The average molecular weight is 492 g/mol. The van der Waals surface area contributed by atoms with Crippen molar-refractivity contribution in [1.29, 1.82) is 5.26 Å². The Balaban J connectivity index is 1.55. The summed E-state index contributed by atoms with van der Waals surface area (Å²) >= 11 is 0. The van der Waals surface area contributed by atoms with Gasteiger partial charge in [-0.05, 0) is 59.0 Å². The summed E-state index contributed by atoms with van der Waals surface area (Å²) in [5, 5.41) is 21.9. The van der Waals surface area contributed by atoms with E-state index in [4.69, 9.17) is 0 Å². The summed E-state index contributed by atoms with van der Waals surface area (Å²) in [6.07, 6.45) is -3.83. The van der Waals surface area contributed by atoms with Gasteiger partial charge in [-0.25, -0.2) is 0 Å². The summed E-state index contributed by atoms with van der Waals surface area (Å²) in [4.78, 5) is 15.4. The summed E-state index contributed by atoms with van der Waals surface area (Å²) in [6.45, 7) is 1.60. The smallest absolute Gasteiger partial charge is 0.416 e. The van der Waals surface area contributed by atoms with Gasteiger partial charge in [-0.15, -0.1) is 0 Å². The van der Waals surface area contributed by atoms with Gasteiger partial charge in [0.2, 0.25) is 5.91 Å². The van der Waals surface area contributed by atoms with Gasteiger partial charge < -0.3 is 10.4 Å². The second kappa shape index (κ2) is 10.7. The second-order valence-corrected chi connectivity index (χ2v) is 8.61. The fourth-order valence-electron chi connectivity index (χ4n) is 4.25. The summed E-state index contributed by atoms with van der Waals surface area (Å²) in [5.74, 6) is -0.186. The Bertz CT molecular complexity index is 1310. The summed E-state index contributed by atoms with van der Waals surface area (Å²) < 4.78 is 38.5. The molecule has 184 valence electrons. The number of phenols is 1. The first-order valence-electron chi connectivity index (χ1n) is 11.4. The number of phenolic OH excluding ortho intramolecular Hbond substituents is 1. The maximum Gasteiger partial charge on any atom is 0.416 e. The highest BCUT2D eigenvalue weighted by Gasteiger charge is 2.30. The van der Waals surface area contributed by atoms with Gasteiger partial charge in [-0.1, -0.05) is 42.5 Å². The fraction of sp³-hybridized carbons (Fsp3) is 0.214. The van der Waals surface area contributed by atoms with Crippen LogP contribution in [0.15, 0.2) is 78.4 Å². The van der Waals surface area contributed by atoms with Crippen LogP contribution in [0.2, 0.25) is 0 Å². The van der Waals surface area contributed by atoms with E-state index in [0.717, 1.165) is 28.8 Å². The molecule has 1 aliphatic heterocycles. The normalized spacial score (nSPS) is 14.4. The Morgan fingerprint density at radius 1 is 1.03 bits per heavy atom. The molecule has 1 heterocycles. The molecule has 5 nitrogen and oxygen atoms in total. The van der Waals surface area contributed by atoms with Gasteiger partial charge in [-0.2, -0.15) is 18.4 Å². The molecular formula is C28H24F3N3O2. The Morgan fingerprint density at radius 2 is 1.72 bits per heavy atom. The predicted molar refractivity (Wildman–Crippen MR) is 129 cm³/mol. The largest absolute Gasteiger partial charge is 0.508 e. The van der Waals surface area contributed by atoms with Crippen LogP contribution in [0.4, 0.5) is 13.2 Å². The third kappa shape index (κ3) is 5.93. The van der Waals surface area contributed by atoms with Crippen LogP contribution in [0.1, 0.15) is 34.2 Å². The minimum atomic E-state index is -4.42. The van der Waals surface area contributed by atoms with Gasteiger partial charge in [-0.3, -0.25) is 9.69 Å². The molecular weight excluding hydrogens is 467 g/mol. The molecule has 0 aliphatic carbocycles. The van der Waals surface area contributed by atoms with E-state index in [2.05, 4.69) is 16.3 Å². The zero-order valence-electron chi connectivity index (χ0n) is 19.3. The molecule has 0 atom stereocenters. The van der Waals surface area contributed by atoms with Crippen molar-refractivity contribution in [3.63, 3.8) is 0 Å². The molecule has 0 fully saturated rings. The number of nitriles is 1. The van der Waals surface area contributed by atoms with Crippen LogP contribution >= 0.6 is 0 Å². The Labute approximate surface area is 207 Å². The maximum absolute atomic E-state index is 13.3. The number of carbonyl (C=O) groups excluding carboxylic acids is 1. The Kier molecular flexibility index (Phi) is 7.41. The van der Waals surface area contributed by atoms with Gasteiger partial charge in [0.05, 0.1) is 17.2 Å². The highest BCUT2D eigenvalue weighted by Crippen LogP contribution is 2.31. The molecule has 3 aromatic carbocycles. The van der Waals surface area contributed by atoms with Crippen LogP contribution in [0.3, 0.4) is 0 Å². The van der Waals surface area contributed by atoms with Crippen molar-refractivity contribution in [2.24, 2.45) is 0 Å². The summed E-state index contributed by atoms with van der Waals surface area (Å²) in [6, 6.07) is 20.9. The van der Waals surface area contributed by atoms with E-state index in [-0.39, 0.29) is 18.2 Å². The molecule has 0 bridgehead atoms. The standard InChI is InChI=1S/C28H24F3N3O2/c29-28(30,31)23-9-5-19(6-10-23)16-33-27(36)26-18-34(17-22-4-2-1-3-21(22)15-32)14-13-25(26)20-7-11-24(35)12-8-20/h1-12,35H,13-14,16-18H2,(H,33,36). The van der Waals surface area contributed by atoms with Gasteiger partial charge in [0.1, 0.15) is 5.75 Å². The molecule has 1 aliphatic rings. The zero-order chi connectivity index (χ0) is 25.7. The minimum absolute atomic E-state index is 0.0839. The third-order valence-electron chi connectivity index (χ3n) is 6.18. The first-order valence-corrected chi connectivity index (χ1v) is 11.4. The van der Waals surface area contributed by atoms with Gasteiger partial charge in [0.15, 0.2) is 0 Å². The van der Waals surface area contributed by atoms with E-state index in [1.165, 1.54) is 12.1 Å². The van der Waals surface area contributed by atoms with E-state index < -0.39 is 11.7 Å². The molecule has 4 rings (SSSR count). The van der Waals surface area contributed by atoms with Crippen LogP contribution in [0, 0.1) is 11.3 Å². The van der Waals surface area contributed by atoms with E-state index >= 15 is 0 Å². The van der Waals surface area contributed by atoms with Crippen molar-refractivity contribution in [2.75, 3.05) is 13.1 Å². The number of halogens is 3. The number of nitrogens with one attached hydrogen (secondary N) is 1. The van der Waals surface area contributed by atoms with Crippen molar-refractivity contribution in [3.05, 3.63) is 106 Å². The number of rotatable bonds is 6. The van der Waals surface area contributed by atoms with Crippen LogP contribution in [-0.2, 0) is 24.1 Å². The lowest BCUT2D eigenvalue weighted by molar-refractivity contribution is -0.137. The average Bonchev–Trinajstić information content (AvgIpc) is 2.88. The highest BCUT2D eigenvalue weighted by molar-refractivity contribution is 6.02. The molecule has 2 N–H and O–H groups in total. The van der Waals surface area contributed by atoms with Crippen LogP contribution in [0.25, 0.3) is 5.57 Å². The zero-order valence-corrected chi connectivity index (χ0v) is 19.3. The number of amides is 1. The van der Waals surface area contributed by atoms with Crippen molar-refractivity contribution in [2.45, 2.75) is 25.7 Å². The summed E-state index contributed by atoms with van der Waals surface area (Å²) in [5.41, 5.74) is 3.49. The number of alkyl halides is 3. The molecule has 0 aromatic heterocycles. The van der Waals surface area contributed by atoms with Gasteiger partial charge in [0.25, 0.3) is 0 Å². The molecule has 0 radical (unpaired) electrons. The number of nitrogens with zero attached hydrogens (tertiary/aromatic N) is 2. The van der Waals surface area contributed by atoms with Crippen LogP contribution < -0.4 is 5.32 Å². The molecule has 0 spiro atoms. The second-order valence-electron chi connectivity index (χ2n) is 8.61. The van der Waals surface area contributed by atoms with Gasteiger partial charge in [0, 0.05) is 31.8 Å². The lowest BCUT2D eigenvalue weighted by Gasteiger charge is -2.31. The third-order valence-corrected chi connectivity index (χ3v) is 6.18. The SMILES string of the molecule is N#Cc1ccccc1CN1CCC(c2ccc(O)cc2)=C(C(=O)NCc2ccc(C(F)(F)F)cc2)C1. The maximum atomic E-state index is 13.3. The van der Waals surface area contributed by atoms with E-state index in [1.807, 2.05) is 12.1 Å². The Morgan fingerprint density at radius 3 is 2.39 bits per heavy atom. The molecule has 0 saturated carbocycles. The first-order chi connectivity index (χ1) is 17.2. The highest BCUT2D eigenvalue weighted by atomic mass is 19.4. The first kappa shape index (κ1) is 25.0. The van der Waals surface area contributed by atoms with E-state index in [9.17, 15) is 28.3 Å². The number of carbonyl (C=O) groups is 1. The van der Waals surface area contributed by atoms with E-state index in [1.54, 1.807) is 36.4 Å². The minimum Gasteiger partial charge on any atom is -0.508 e. The van der Waals surface area contributed by atoms with Crippen molar-refractivity contribution in [3.8, 4) is 11.8 Å². The Hall–Kier alpha value is -4.09. The van der Waals surface area contributed by atoms with Crippen LogP contribution in [0.5, 0.6) is 5.75 Å². The molecule has 0 unspecified atom stereocenters. The number of hydrogen-bond donors (Lipinski definition) is 2. The number of aromatic hydroxyl groups is 1. The monoisotopic (exact) mass is 491 g/mol. The topological polar surface area (TPSA) is 76.4 Å². The lowest BCUT2D eigenvalue weighted by atomic mass is 9.92. The molecule has 8 heteroatoms. The van der Waals surface area contributed by atoms with Crippen molar-refractivity contribution < 1.29 is 23.1 Å². The summed E-state index contributed by atoms with van der Waals surface area (Å²) in [7, 11) is 0. The number of benzene rings is 3. The van der Waals surface area contributed by atoms with Crippen LogP contribution in [-0.4, -0.2) is 29.0 Å². The predicted octanol–water partition coefficient (Wildman–Crippen LogP) is 5.26. The van der Waals surface area contributed by atoms with Gasteiger partial charge >= 0.3 is 6.18 Å². The fourth-order valence-corrected chi connectivity index (χ4v) is 4.25. The molecule has 0 saturated heterocycles. The quantitative estimate of drug-likeness (QED) is 0.493. The van der Waals surface area contributed by atoms with Crippen molar-refractivity contribution >= 4 is 11.5 Å². The van der Waals surface area contributed by atoms with Crippen molar-refractivity contribution in [1.82, 2.24) is 10.2 Å². The van der Waals surface area contributed by atoms with E-state index in [0.29, 0.717) is 42.8 Å². The lowest BCUT2D eigenvalue weighted by Crippen LogP contribution is -2.37.